The molecule has 150 valence electrons. The fourth-order valence-electron chi connectivity index (χ4n) is 2.80. The summed E-state index contributed by atoms with van der Waals surface area (Å²) in [4.78, 5) is 21.8. The van der Waals surface area contributed by atoms with Gasteiger partial charge in [0, 0.05) is 27.3 Å². The lowest BCUT2D eigenvalue weighted by molar-refractivity contribution is -0.147. The number of carbonyl (C=O) groups is 1. The Hall–Kier alpha value is -1.33. The van der Waals surface area contributed by atoms with E-state index in [4.69, 9.17) is 25.9 Å². The molecule has 0 radical (unpaired) electrons. The van der Waals surface area contributed by atoms with Crippen LogP contribution in [0.1, 0.15) is 35.3 Å². The third-order valence-electron chi connectivity index (χ3n) is 4.13. The highest BCUT2D eigenvalue weighted by atomic mass is 127. The molecule has 0 unspecified atom stereocenters. The van der Waals surface area contributed by atoms with Crippen LogP contribution in [0.15, 0.2) is 30.5 Å². The molecule has 1 amide bonds. The molecule has 3 rings (SSSR count). The van der Waals surface area contributed by atoms with E-state index in [1.165, 1.54) is 18.3 Å². The van der Waals surface area contributed by atoms with Crippen LogP contribution in [0.4, 0.5) is 4.39 Å². The van der Waals surface area contributed by atoms with Crippen LogP contribution in [0, 0.1) is 9.39 Å². The van der Waals surface area contributed by atoms with Crippen LogP contribution in [0.3, 0.4) is 0 Å². The van der Waals surface area contributed by atoms with Gasteiger partial charge in [-0.05, 0) is 60.2 Å². The zero-order chi connectivity index (χ0) is 20.3. The van der Waals surface area contributed by atoms with E-state index in [2.05, 4.69) is 10.5 Å². The highest BCUT2D eigenvalue weighted by Gasteiger charge is 2.33. The molecule has 0 bridgehead atoms. The molecule has 0 aliphatic carbocycles. The molecular weight excluding hydrogens is 502 g/mol. The molecule has 2 heterocycles. The molecule has 28 heavy (non-hydrogen) atoms. The SMILES string of the molecule is CC1(C)OC[C@H](CONC(=O)c2ccnc(Cl)c2Cc2ccc(I)cc2F)O1. The normalized spacial score (nSPS) is 18.2. The van der Waals surface area contributed by atoms with Gasteiger partial charge >= 0.3 is 0 Å². The first-order valence-electron chi connectivity index (χ1n) is 8.56. The number of aromatic nitrogens is 1. The zero-order valence-corrected chi connectivity index (χ0v) is 18.2. The molecular formula is C19H19ClFIN2O4. The van der Waals surface area contributed by atoms with Crippen LogP contribution >= 0.6 is 34.2 Å². The Kier molecular flexibility index (Phi) is 6.87. The van der Waals surface area contributed by atoms with Crippen LogP contribution in [-0.2, 0) is 20.7 Å². The van der Waals surface area contributed by atoms with Crippen molar-refractivity contribution in [2.75, 3.05) is 13.2 Å². The van der Waals surface area contributed by atoms with Crippen LogP contribution in [0.25, 0.3) is 0 Å². The molecule has 1 saturated heterocycles. The van der Waals surface area contributed by atoms with E-state index in [1.54, 1.807) is 26.0 Å². The first kappa shape index (κ1) is 21.4. The van der Waals surface area contributed by atoms with E-state index < -0.39 is 11.7 Å². The highest BCUT2D eigenvalue weighted by molar-refractivity contribution is 14.1. The molecule has 1 aliphatic rings. The van der Waals surface area contributed by atoms with Gasteiger partial charge in [0.2, 0.25) is 0 Å². The molecule has 1 fully saturated rings. The third kappa shape index (κ3) is 5.38. The molecule has 1 aromatic carbocycles. The minimum absolute atomic E-state index is 0.131. The van der Waals surface area contributed by atoms with Gasteiger partial charge in [0.15, 0.2) is 5.79 Å². The summed E-state index contributed by atoms with van der Waals surface area (Å²) in [5.41, 5.74) is 3.48. The predicted molar refractivity (Wildman–Crippen MR) is 109 cm³/mol. The van der Waals surface area contributed by atoms with Gasteiger partial charge in [-0.2, -0.15) is 0 Å². The molecule has 1 N–H and O–H groups in total. The molecule has 0 saturated carbocycles. The second kappa shape index (κ2) is 9.00. The van der Waals surface area contributed by atoms with E-state index in [-0.39, 0.29) is 35.7 Å². The van der Waals surface area contributed by atoms with Gasteiger partial charge in [-0.15, -0.1) is 0 Å². The van der Waals surface area contributed by atoms with Gasteiger partial charge in [0.25, 0.3) is 5.91 Å². The topological polar surface area (TPSA) is 69.7 Å². The zero-order valence-electron chi connectivity index (χ0n) is 15.3. The summed E-state index contributed by atoms with van der Waals surface area (Å²) >= 11 is 8.22. The van der Waals surface area contributed by atoms with E-state index in [9.17, 15) is 9.18 Å². The molecule has 6 nitrogen and oxygen atoms in total. The summed E-state index contributed by atoms with van der Waals surface area (Å²) < 4.78 is 26.0. The highest BCUT2D eigenvalue weighted by Crippen LogP contribution is 2.24. The number of hydrogen-bond donors (Lipinski definition) is 1. The Morgan fingerprint density at radius 1 is 1.46 bits per heavy atom. The Bertz CT molecular complexity index is 881. The number of hydroxylamine groups is 1. The second-order valence-corrected chi connectivity index (χ2v) is 8.34. The smallest absolute Gasteiger partial charge is 0.275 e. The molecule has 1 aliphatic heterocycles. The number of pyridine rings is 1. The minimum Gasteiger partial charge on any atom is -0.348 e. The number of rotatable bonds is 6. The van der Waals surface area contributed by atoms with Gasteiger partial charge in [-0.3, -0.25) is 9.63 Å². The molecule has 0 spiro atoms. The molecule has 9 heteroatoms. The molecule has 1 atom stereocenters. The fourth-order valence-corrected chi connectivity index (χ4v) is 3.48. The Labute approximate surface area is 180 Å². The van der Waals surface area contributed by atoms with Crippen molar-refractivity contribution < 1.29 is 23.5 Å². The largest absolute Gasteiger partial charge is 0.348 e. The number of nitrogens with zero attached hydrogens (tertiary/aromatic N) is 1. The molecule has 2 aromatic rings. The Morgan fingerprint density at radius 3 is 2.93 bits per heavy atom. The lowest BCUT2D eigenvalue weighted by atomic mass is 10.0. The van der Waals surface area contributed by atoms with Crippen molar-refractivity contribution in [3.63, 3.8) is 0 Å². The summed E-state index contributed by atoms with van der Waals surface area (Å²) in [5.74, 6) is -1.53. The monoisotopic (exact) mass is 520 g/mol. The van der Waals surface area contributed by atoms with Gasteiger partial charge < -0.3 is 9.47 Å². The summed E-state index contributed by atoms with van der Waals surface area (Å²) in [6.45, 7) is 4.12. The quantitative estimate of drug-likeness (QED) is 0.356. The van der Waals surface area contributed by atoms with E-state index in [1.807, 2.05) is 22.6 Å². The maximum atomic E-state index is 14.2. The van der Waals surface area contributed by atoms with Crippen molar-refractivity contribution in [1.29, 1.82) is 0 Å². The van der Waals surface area contributed by atoms with Crippen LogP contribution < -0.4 is 5.48 Å². The Morgan fingerprint density at radius 2 is 2.25 bits per heavy atom. The van der Waals surface area contributed by atoms with Crippen molar-refractivity contribution in [2.45, 2.75) is 32.2 Å². The number of nitrogens with one attached hydrogen (secondary N) is 1. The lowest BCUT2D eigenvalue weighted by Gasteiger charge is -2.17. The van der Waals surface area contributed by atoms with Crippen molar-refractivity contribution >= 4 is 40.1 Å². The van der Waals surface area contributed by atoms with Gasteiger partial charge in [-0.1, -0.05) is 17.7 Å². The number of halogens is 3. The third-order valence-corrected chi connectivity index (χ3v) is 5.13. The predicted octanol–water partition coefficient (Wildman–Crippen LogP) is 3.88. The maximum absolute atomic E-state index is 14.2. The van der Waals surface area contributed by atoms with Gasteiger partial charge in [-0.25, -0.2) is 14.9 Å². The van der Waals surface area contributed by atoms with Crippen molar-refractivity contribution in [3.8, 4) is 0 Å². The van der Waals surface area contributed by atoms with E-state index >= 15 is 0 Å². The maximum Gasteiger partial charge on any atom is 0.275 e. The Balaban J connectivity index is 1.68. The summed E-state index contributed by atoms with van der Waals surface area (Å²) in [6, 6.07) is 6.39. The standard InChI is InChI=1S/C19H19ClFIN2O4/c1-19(2)26-9-13(28-19)10-27-24-18(25)14-5-6-23-17(20)15(14)7-11-3-4-12(22)8-16(11)21/h3-6,8,13H,7,9-10H2,1-2H3,(H,24,25)/t13-/m1/s1. The summed E-state index contributed by atoms with van der Waals surface area (Å²) in [7, 11) is 0. The molecule has 1 aromatic heterocycles. The second-order valence-electron chi connectivity index (χ2n) is 6.73. The van der Waals surface area contributed by atoms with Crippen LogP contribution in [0.2, 0.25) is 5.15 Å². The first-order valence-corrected chi connectivity index (χ1v) is 10.0. The summed E-state index contributed by atoms with van der Waals surface area (Å²) in [6.07, 6.45) is 1.27. The number of ether oxygens (including phenoxy) is 2. The lowest BCUT2D eigenvalue weighted by Crippen LogP contribution is -2.31. The van der Waals surface area contributed by atoms with Crippen molar-refractivity contribution in [1.82, 2.24) is 10.5 Å². The number of amides is 1. The minimum atomic E-state index is -0.665. The number of hydrogen-bond acceptors (Lipinski definition) is 5. The van der Waals surface area contributed by atoms with Gasteiger partial charge in [0.1, 0.15) is 23.7 Å². The van der Waals surface area contributed by atoms with Crippen molar-refractivity contribution in [3.05, 3.63) is 61.7 Å². The fraction of sp³-hybridized carbons (Fsp3) is 0.368. The van der Waals surface area contributed by atoms with E-state index in [0.717, 1.165) is 3.57 Å². The van der Waals surface area contributed by atoms with Gasteiger partial charge in [0.05, 0.1) is 6.61 Å². The van der Waals surface area contributed by atoms with Crippen molar-refractivity contribution in [2.24, 2.45) is 0 Å². The number of carbonyl (C=O) groups excluding carboxylic acids is 1. The van der Waals surface area contributed by atoms with Crippen LogP contribution in [-0.4, -0.2) is 36.0 Å². The number of benzene rings is 1. The summed E-state index contributed by atoms with van der Waals surface area (Å²) in [5, 5.41) is 0.139. The first-order chi connectivity index (χ1) is 13.2. The van der Waals surface area contributed by atoms with Crippen LogP contribution in [0.5, 0.6) is 0 Å². The van der Waals surface area contributed by atoms with E-state index in [0.29, 0.717) is 17.7 Å². The average Bonchev–Trinajstić information content (AvgIpc) is 2.97. The average molecular weight is 521 g/mol.